The van der Waals surface area contributed by atoms with Crippen LogP contribution in [0.3, 0.4) is 0 Å². The van der Waals surface area contributed by atoms with Gasteiger partial charge in [-0.25, -0.2) is 0 Å². The standard InChI is InChI=1S/C48H46N2/c1-31-14-7-9-21-43(31)49-44-29-26-35-16-11-17-36(27-24-34-25-28-39(44)47(35)33(34)3)50(45-22-10-8-15-32(45)2)46-23-13-19-38-37-18-12-20-42(48(4,5)6)40(37)30-41(38)46/h7-29,33,47,49H,30H2,1-6H3. The van der Waals surface area contributed by atoms with Gasteiger partial charge >= 0.3 is 0 Å². The van der Waals surface area contributed by atoms with Crippen molar-refractivity contribution in [3.05, 3.63) is 196 Å². The maximum absolute atomic E-state index is 3.75. The van der Waals surface area contributed by atoms with Crippen LogP contribution < -0.4 is 10.2 Å². The minimum absolute atomic E-state index is 0.0759. The van der Waals surface area contributed by atoms with Crippen molar-refractivity contribution in [2.24, 2.45) is 11.8 Å². The quantitative estimate of drug-likeness (QED) is 0.204. The first-order valence-electron chi connectivity index (χ1n) is 18.0. The van der Waals surface area contributed by atoms with Gasteiger partial charge in [0.25, 0.3) is 0 Å². The molecule has 2 unspecified atom stereocenters. The summed E-state index contributed by atoms with van der Waals surface area (Å²) in [5.74, 6) is 0.602. The van der Waals surface area contributed by atoms with Gasteiger partial charge in [-0.1, -0.05) is 131 Å². The zero-order valence-electron chi connectivity index (χ0n) is 30.1. The van der Waals surface area contributed by atoms with Crippen LogP contribution in [-0.2, 0) is 11.8 Å². The van der Waals surface area contributed by atoms with Gasteiger partial charge in [0, 0.05) is 35.1 Å². The first kappa shape index (κ1) is 31.9. The van der Waals surface area contributed by atoms with Gasteiger partial charge < -0.3 is 10.2 Å². The summed E-state index contributed by atoms with van der Waals surface area (Å²) in [5.41, 5.74) is 19.5. The Morgan fingerprint density at radius 3 is 2.12 bits per heavy atom. The Bertz CT molecular complexity index is 2240. The average molecular weight is 651 g/mol. The van der Waals surface area contributed by atoms with Gasteiger partial charge in [-0.15, -0.1) is 0 Å². The largest absolute Gasteiger partial charge is 0.355 e. The summed E-state index contributed by atoms with van der Waals surface area (Å²) in [7, 11) is 0. The monoisotopic (exact) mass is 650 g/mol. The van der Waals surface area contributed by atoms with E-state index in [1.807, 2.05) is 0 Å². The van der Waals surface area contributed by atoms with Crippen LogP contribution in [0, 0.1) is 25.7 Å². The minimum atomic E-state index is 0.0759. The number of allylic oxidation sites excluding steroid dienone is 12. The van der Waals surface area contributed by atoms with Crippen LogP contribution in [0.2, 0.25) is 0 Å². The summed E-state index contributed by atoms with van der Waals surface area (Å²) in [6.45, 7) is 13.8. The van der Waals surface area contributed by atoms with Crippen LogP contribution in [0.25, 0.3) is 11.1 Å². The summed E-state index contributed by atoms with van der Waals surface area (Å²) in [6, 6.07) is 31.1. The van der Waals surface area contributed by atoms with Gasteiger partial charge in [0.1, 0.15) is 0 Å². The highest BCUT2D eigenvalue weighted by molar-refractivity contribution is 5.87. The van der Waals surface area contributed by atoms with Crippen molar-refractivity contribution in [1.29, 1.82) is 0 Å². The zero-order valence-corrected chi connectivity index (χ0v) is 30.1. The molecule has 2 heteroatoms. The highest BCUT2D eigenvalue weighted by atomic mass is 15.2. The fourth-order valence-electron chi connectivity index (χ4n) is 8.34. The zero-order chi connectivity index (χ0) is 34.6. The summed E-state index contributed by atoms with van der Waals surface area (Å²) >= 11 is 0. The molecule has 2 atom stereocenters. The van der Waals surface area contributed by atoms with E-state index >= 15 is 0 Å². The second-order valence-electron chi connectivity index (χ2n) is 15.2. The van der Waals surface area contributed by atoms with Crippen LogP contribution in [0.5, 0.6) is 0 Å². The molecule has 50 heavy (non-hydrogen) atoms. The predicted molar refractivity (Wildman–Crippen MR) is 213 cm³/mol. The van der Waals surface area contributed by atoms with Crippen LogP contribution in [-0.4, -0.2) is 0 Å². The Morgan fingerprint density at radius 2 is 1.34 bits per heavy atom. The summed E-state index contributed by atoms with van der Waals surface area (Å²) < 4.78 is 0. The highest BCUT2D eigenvalue weighted by Crippen LogP contribution is 2.48. The molecule has 4 aliphatic rings. The number of hydrogen-bond acceptors (Lipinski definition) is 2. The molecule has 0 amide bonds. The molecule has 0 radical (unpaired) electrons. The predicted octanol–water partition coefficient (Wildman–Crippen LogP) is 12.4. The molecule has 4 aromatic rings. The highest BCUT2D eigenvalue weighted by Gasteiger charge is 2.33. The molecule has 8 rings (SSSR count). The second kappa shape index (κ2) is 12.5. The number of fused-ring (bicyclic) bond motifs is 4. The van der Waals surface area contributed by atoms with Crippen molar-refractivity contribution in [1.82, 2.24) is 0 Å². The van der Waals surface area contributed by atoms with Gasteiger partial charge in [-0.3, -0.25) is 0 Å². The van der Waals surface area contributed by atoms with E-state index in [1.165, 1.54) is 72.7 Å². The van der Waals surface area contributed by atoms with Crippen molar-refractivity contribution in [2.75, 3.05) is 10.2 Å². The van der Waals surface area contributed by atoms with E-state index in [0.717, 1.165) is 17.8 Å². The van der Waals surface area contributed by atoms with Crippen molar-refractivity contribution in [2.45, 2.75) is 53.4 Å². The van der Waals surface area contributed by atoms with E-state index in [-0.39, 0.29) is 11.3 Å². The van der Waals surface area contributed by atoms with E-state index in [9.17, 15) is 0 Å². The number of hydrogen-bond donors (Lipinski definition) is 1. The first-order chi connectivity index (χ1) is 24.2. The Hall–Kier alpha value is -5.34. The van der Waals surface area contributed by atoms with Crippen LogP contribution in [0.1, 0.15) is 55.5 Å². The van der Waals surface area contributed by atoms with Gasteiger partial charge in [0.05, 0.1) is 5.69 Å². The number of rotatable bonds is 5. The molecular weight excluding hydrogens is 605 g/mol. The first-order valence-corrected chi connectivity index (χ1v) is 18.0. The molecule has 0 heterocycles. The molecule has 0 saturated heterocycles. The SMILES string of the molecule is Cc1ccccc1NC1=CC=C2C=CC=C(N(c3ccccc3C)c3cccc4c3Cc3c-4cccc3C(C)(C)C)C=CC3=CC=C1C2C3C. The van der Waals surface area contributed by atoms with E-state index in [2.05, 4.69) is 191 Å². The van der Waals surface area contributed by atoms with Crippen molar-refractivity contribution in [3.8, 4) is 11.1 Å². The van der Waals surface area contributed by atoms with Gasteiger partial charge in [-0.2, -0.15) is 0 Å². The molecule has 0 saturated carbocycles. The maximum atomic E-state index is 3.75. The number of nitrogens with zero attached hydrogens (tertiary/aromatic N) is 1. The van der Waals surface area contributed by atoms with Crippen LogP contribution >= 0.6 is 0 Å². The average Bonchev–Trinajstić information content (AvgIpc) is 3.49. The van der Waals surface area contributed by atoms with Crippen LogP contribution in [0.15, 0.2) is 168 Å². The molecule has 0 aliphatic heterocycles. The fourth-order valence-corrected chi connectivity index (χ4v) is 8.34. The van der Waals surface area contributed by atoms with Gasteiger partial charge in [0.2, 0.25) is 0 Å². The maximum Gasteiger partial charge on any atom is 0.0503 e. The van der Waals surface area contributed by atoms with E-state index in [1.54, 1.807) is 0 Å². The van der Waals surface area contributed by atoms with Crippen LogP contribution in [0.4, 0.5) is 17.1 Å². The van der Waals surface area contributed by atoms with E-state index in [4.69, 9.17) is 0 Å². The lowest BCUT2D eigenvalue weighted by atomic mass is 9.71. The van der Waals surface area contributed by atoms with E-state index in [0.29, 0.717) is 5.92 Å². The molecule has 2 nitrogen and oxygen atoms in total. The molecule has 248 valence electrons. The molecule has 0 aromatic heterocycles. The number of nitrogens with one attached hydrogen (secondary N) is 1. The number of anilines is 3. The molecule has 4 aromatic carbocycles. The lowest BCUT2D eigenvalue weighted by molar-refractivity contribution is 0.538. The Labute approximate surface area is 298 Å². The third kappa shape index (κ3) is 5.53. The summed E-state index contributed by atoms with van der Waals surface area (Å²) in [6.07, 6.45) is 21.7. The molecule has 2 bridgehead atoms. The Kier molecular flexibility index (Phi) is 7.99. The Morgan fingerprint density at radius 1 is 0.640 bits per heavy atom. The molecule has 1 N–H and O–H groups in total. The molecule has 0 spiro atoms. The smallest absolute Gasteiger partial charge is 0.0503 e. The third-order valence-electron chi connectivity index (χ3n) is 11.0. The molecule has 0 fully saturated rings. The Balaban J connectivity index is 1.25. The normalized spacial score (nSPS) is 19.0. The van der Waals surface area contributed by atoms with Crippen molar-refractivity contribution in [3.63, 3.8) is 0 Å². The number of benzene rings is 4. The topological polar surface area (TPSA) is 15.3 Å². The third-order valence-corrected chi connectivity index (χ3v) is 11.0. The number of para-hydroxylation sites is 2. The molecular formula is C48H46N2. The van der Waals surface area contributed by atoms with E-state index < -0.39 is 0 Å². The van der Waals surface area contributed by atoms with Crippen molar-refractivity contribution < 1.29 is 0 Å². The fraction of sp³-hybridized carbons (Fsp3) is 0.208. The van der Waals surface area contributed by atoms with Gasteiger partial charge in [0.15, 0.2) is 0 Å². The lowest BCUT2D eigenvalue weighted by Crippen LogP contribution is -2.26. The summed E-state index contributed by atoms with van der Waals surface area (Å²) in [5, 5.41) is 3.75. The summed E-state index contributed by atoms with van der Waals surface area (Å²) in [4.78, 5) is 2.49. The van der Waals surface area contributed by atoms with Gasteiger partial charge in [-0.05, 0) is 117 Å². The minimum Gasteiger partial charge on any atom is -0.355 e. The van der Waals surface area contributed by atoms with Crippen molar-refractivity contribution >= 4 is 17.1 Å². The second-order valence-corrected chi connectivity index (χ2v) is 15.2. The lowest BCUT2D eigenvalue weighted by Gasteiger charge is -2.36. The number of aryl methyl sites for hydroxylation is 2. The molecule has 4 aliphatic carbocycles.